The summed E-state index contributed by atoms with van der Waals surface area (Å²) in [6.07, 6.45) is 2.17. The van der Waals surface area contributed by atoms with Crippen molar-refractivity contribution in [2.24, 2.45) is 0 Å². The first-order valence-corrected chi connectivity index (χ1v) is 8.55. The lowest BCUT2D eigenvalue weighted by atomic mass is 10.3. The van der Waals surface area contributed by atoms with Gasteiger partial charge in [-0.25, -0.2) is 8.42 Å². The van der Waals surface area contributed by atoms with Gasteiger partial charge in [-0.15, -0.1) is 11.6 Å². The lowest BCUT2D eigenvalue weighted by Crippen LogP contribution is -2.16. The average Bonchev–Trinajstić information content (AvgIpc) is 2.36. The van der Waals surface area contributed by atoms with Crippen molar-refractivity contribution < 1.29 is 13.2 Å². The summed E-state index contributed by atoms with van der Waals surface area (Å²) < 4.78 is 31.6. The third-order valence-corrected chi connectivity index (χ3v) is 4.02. The number of halogens is 1. The zero-order chi connectivity index (χ0) is 14.1. The van der Waals surface area contributed by atoms with Crippen molar-refractivity contribution in [2.75, 3.05) is 23.0 Å². The van der Waals surface area contributed by atoms with Gasteiger partial charge in [-0.1, -0.05) is 13.0 Å². The van der Waals surface area contributed by atoms with Crippen molar-refractivity contribution in [1.82, 2.24) is 0 Å². The molecule has 1 rings (SSSR count). The third kappa shape index (κ3) is 6.68. The Balaban J connectivity index is 2.60. The minimum Gasteiger partial charge on any atom is -0.494 e. The highest BCUT2D eigenvalue weighted by Crippen LogP contribution is 2.18. The van der Waals surface area contributed by atoms with E-state index in [0.717, 1.165) is 6.42 Å². The van der Waals surface area contributed by atoms with Crippen molar-refractivity contribution in [3.8, 4) is 5.75 Å². The number of unbranched alkanes of at least 4 members (excludes halogenated alkanes) is 1. The maximum atomic E-state index is 11.8. The molecule has 108 valence electrons. The zero-order valence-electron chi connectivity index (χ0n) is 11.1. The minimum atomic E-state index is -3.31. The van der Waals surface area contributed by atoms with Crippen molar-refractivity contribution in [3.05, 3.63) is 24.3 Å². The number of nitrogens with one attached hydrogen (secondary N) is 1. The van der Waals surface area contributed by atoms with Crippen LogP contribution < -0.4 is 9.46 Å². The van der Waals surface area contributed by atoms with E-state index in [1.807, 2.05) is 6.92 Å². The Labute approximate surface area is 120 Å². The van der Waals surface area contributed by atoms with Gasteiger partial charge in [0, 0.05) is 11.9 Å². The molecule has 0 atom stereocenters. The molecule has 0 saturated carbocycles. The molecule has 0 unspecified atom stereocenters. The Bertz CT molecular complexity index is 477. The number of anilines is 1. The van der Waals surface area contributed by atoms with Gasteiger partial charge >= 0.3 is 0 Å². The first kappa shape index (κ1) is 16.1. The van der Waals surface area contributed by atoms with Crippen LogP contribution in [-0.2, 0) is 10.0 Å². The summed E-state index contributed by atoms with van der Waals surface area (Å²) in [5.41, 5.74) is 0.527. The maximum Gasteiger partial charge on any atom is 0.232 e. The molecule has 6 heteroatoms. The molecule has 0 bridgehead atoms. The van der Waals surface area contributed by atoms with E-state index in [9.17, 15) is 8.42 Å². The highest BCUT2D eigenvalue weighted by Gasteiger charge is 2.10. The summed E-state index contributed by atoms with van der Waals surface area (Å²) in [5.74, 6) is 1.23. The molecular formula is C13H20ClNO3S. The standard InChI is InChI=1S/C13H20ClNO3S/c1-2-9-18-13-7-5-6-12(11-13)15-19(16,17)10-4-3-8-14/h5-7,11,15H,2-4,8-10H2,1H3. The molecule has 0 amide bonds. The molecule has 0 fully saturated rings. The summed E-state index contributed by atoms with van der Waals surface area (Å²) >= 11 is 5.53. The predicted molar refractivity (Wildman–Crippen MR) is 79.6 cm³/mol. The minimum absolute atomic E-state index is 0.0831. The monoisotopic (exact) mass is 305 g/mol. The summed E-state index contributed by atoms with van der Waals surface area (Å²) in [5, 5.41) is 0. The van der Waals surface area contributed by atoms with E-state index in [2.05, 4.69) is 4.72 Å². The Morgan fingerprint density at radius 3 is 2.79 bits per heavy atom. The van der Waals surface area contributed by atoms with Gasteiger partial charge in [-0.05, 0) is 31.4 Å². The van der Waals surface area contributed by atoms with Crippen molar-refractivity contribution >= 4 is 27.3 Å². The van der Waals surface area contributed by atoms with Crippen LogP contribution >= 0.6 is 11.6 Å². The average molecular weight is 306 g/mol. The number of ether oxygens (including phenoxy) is 1. The summed E-state index contributed by atoms with van der Waals surface area (Å²) in [6.45, 7) is 2.63. The topological polar surface area (TPSA) is 55.4 Å². The van der Waals surface area contributed by atoms with Crippen LogP contribution in [0.25, 0.3) is 0 Å². The number of hydrogen-bond acceptors (Lipinski definition) is 3. The number of benzene rings is 1. The molecule has 0 aliphatic heterocycles. The fourth-order valence-electron chi connectivity index (χ4n) is 1.49. The fourth-order valence-corrected chi connectivity index (χ4v) is 2.85. The quantitative estimate of drug-likeness (QED) is 0.563. The van der Waals surface area contributed by atoms with E-state index in [4.69, 9.17) is 16.3 Å². The van der Waals surface area contributed by atoms with E-state index in [0.29, 0.717) is 36.8 Å². The Morgan fingerprint density at radius 1 is 1.32 bits per heavy atom. The zero-order valence-corrected chi connectivity index (χ0v) is 12.6. The molecule has 0 aliphatic rings. The van der Waals surface area contributed by atoms with E-state index in [-0.39, 0.29) is 5.75 Å². The van der Waals surface area contributed by atoms with Gasteiger partial charge in [0.15, 0.2) is 0 Å². The lowest BCUT2D eigenvalue weighted by Gasteiger charge is -2.10. The molecule has 4 nitrogen and oxygen atoms in total. The van der Waals surface area contributed by atoms with Crippen LogP contribution in [0.5, 0.6) is 5.75 Å². The Kier molecular flexibility index (Phi) is 7.02. The fraction of sp³-hybridized carbons (Fsp3) is 0.538. The smallest absolute Gasteiger partial charge is 0.232 e. The molecular weight excluding hydrogens is 286 g/mol. The number of alkyl halides is 1. The first-order chi connectivity index (χ1) is 9.07. The molecule has 0 spiro atoms. The molecule has 0 aromatic heterocycles. The van der Waals surface area contributed by atoms with Crippen LogP contribution in [0.4, 0.5) is 5.69 Å². The molecule has 0 saturated heterocycles. The SMILES string of the molecule is CCCOc1cccc(NS(=O)(=O)CCCCCl)c1. The highest BCUT2D eigenvalue weighted by atomic mass is 35.5. The summed E-state index contributed by atoms with van der Waals surface area (Å²) in [7, 11) is -3.31. The van der Waals surface area contributed by atoms with Gasteiger partial charge in [-0.2, -0.15) is 0 Å². The van der Waals surface area contributed by atoms with Gasteiger partial charge < -0.3 is 4.74 Å². The van der Waals surface area contributed by atoms with E-state index in [1.165, 1.54) is 0 Å². The first-order valence-electron chi connectivity index (χ1n) is 6.36. The Morgan fingerprint density at radius 2 is 2.11 bits per heavy atom. The highest BCUT2D eigenvalue weighted by molar-refractivity contribution is 7.92. The van der Waals surface area contributed by atoms with Crippen LogP contribution in [0.2, 0.25) is 0 Å². The van der Waals surface area contributed by atoms with Crippen LogP contribution in [0.15, 0.2) is 24.3 Å². The molecule has 1 aromatic carbocycles. The molecule has 1 aromatic rings. The van der Waals surface area contributed by atoms with E-state index >= 15 is 0 Å². The lowest BCUT2D eigenvalue weighted by molar-refractivity contribution is 0.317. The number of rotatable bonds is 9. The molecule has 0 radical (unpaired) electrons. The summed E-state index contributed by atoms with van der Waals surface area (Å²) in [6, 6.07) is 6.97. The van der Waals surface area contributed by atoms with Gasteiger partial charge in [-0.3, -0.25) is 4.72 Å². The number of sulfonamides is 1. The molecule has 19 heavy (non-hydrogen) atoms. The van der Waals surface area contributed by atoms with E-state index < -0.39 is 10.0 Å². The van der Waals surface area contributed by atoms with Crippen molar-refractivity contribution in [1.29, 1.82) is 0 Å². The second-order valence-corrected chi connectivity index (χ2v) is 6.41. The van der Waals surface area contributed by atoms with Crippen LogP contribution in [0.1, 0.15) is 26.2 Å². The van der Waals surface area contributed by atoms with Crippen LogP contribution in [0, 0.1) is 0 Å². The van der Waals surface area contributed by atoms with Gasteiger partial charge in [0.2, 0.25) is 10.0 Å². The van der Waals surface area contributed by atoms with Crippen LogP contribution in [0.3, 0.4) is 0 Å². The maximum absolute atomic E-state index is 11.8. The largest absolute Gasteiger partial charge is 0.494 e. The van der Waals surface area contributed by atoms with Crippen molar-refractivity contribution in [3.63, 3.8) is 0 Å². The van der Waals surface area contributed by atoms with Gasteiger partial charge in [0.1, 0.15) is 5.75 Å². The molecule has 0 aliphatic carbocycles. The number of hydrogen-bond donors (Lipinski definition) is 1. The second kappa shape index (κ2) is 8.27. The van der Waals surface area contributed by atoms with Crippen molar-refractivity contribution in [2.45, 2.75) is 26.2 Å². The third-order valence-electron chi connectivity index (χ3n) is 2.38. The summed E-state index contributed by atoms with van der Waals surface area (Å²) in [4.78, 5) is 0. The van der Waals surface area contributed by atoms with Crippen LogP contribution in [-0.4, -0.2) is 26.7 Å². The van der Waals surface area contributed by atoms with Gasteiger partial charge in [0.25, 0.3) is 0 Å². The van der Waals surface area contributed by atoms with Gasteiger partial charge in [0.05, 0.1) is 18.0 Å². The second-order valence-electron chi connectivity index (χ2n) is 4.19. The molecule has 0 heterocycles. The normalized spacial score (nSPS) is 11.3. The molecule has 1 N–H and O–H groups in total. The van der Waals surface area contributed by atoms with E-state index in [1.54, 1.807) is 24.3 Å². The Hall–Kier alpha value is -0.940. The predicted octanol–water partition coefficient (Wildman–Crippen LogP) is 3.24.